The van der Waals surface area contributed by atoms with Crippen LogP contribution in [-0.2, 0) is 10.2 Å². The van der Waals surface area contributed by atoms with Gasteiger partial charge < -0.3 is 14.8 Å². The van der Waals surface area contributed by atoms with Gasteiger partial charge in [-0.15, -0.1) is 0 Å². The molecule has 0 saturated heterocycles. The second-order valence-electron chi connectivity index (χ2n) is 8.00. The van der Waals surface area contributed by atoms with Crippen molar-refractivity contribution in [3.8, 4) is 5.75 Å². The quantitative estimate of drug-likeness (QED) is 0.596. The maximum absolute atomic E-state index is 12.8. The van der Waals surface area contributed by atoms with Crippen LogP contribution in [0, 0.1) is 0 Å². The second-order valence-corrected chi connectivity index (χ2v) is 8.00. The zero-order chi connectivity index (χ0) is 20.5. The molecule has 1 aromatic heterocycles. The number of Topliss-reactive ketones (excluding diaryl/α,β-unsaturated/α-hetero) is 1. The number of carbonyl (C=O) groups excluding carboxylic acids is 1. The van der Waals surface area contributed by atoms with E-state index >= 15 is 0 Å². The van der Waals surface area contributed by atoms with E-state index < -0.39 is 11.9 Å². The summed E-state index contributed by atoms with van der Waals surface area (Å²) in [5.74, 6) is -1.44. The topological polar surface area (TPSA) is 79.4 Å². The summed E-state index contributed by atoms with van der Waals surface area (Å²) in [5.41, 5.74) is 3.04. The van der Waals surface area contributed by atoms with Gasteiger partial charge in [0.15, 0.2) is 5.78 Å². The molecule has 146 valence electrons. The molecule has 0 radical (unpaired) electrons. The molecule has 1 unspecified atom stereocenters. The third-order valence-electron chi connectivity index (χ3n) is 5.06. The third-order valence-corrected chi connectivity index (χ3v) is 5.06. The molecule has 5 nitrogen and oxygen atoms in total. The number of ether oxygens (including phenoxy) is 1. The number of carbonyl (C=O) groups is 2. The van der Waals surface area contributed by atoms with Gasteiger partial charge in [0.25, 0.3) is 0 Å². The molecule has 2 N–H and O–H groups in total. The van der Waals surface area contributed by atoms with Crippen molar-refractivity contribution in [2.24, 2.45) is 0 Å². The average Bonchev–Trinajstić information content (AvgIpc) is 3.07. The minimum atomic E-state index is -1.02. The Labute approximate surface area is 164 Å². The van der Waals surface area contributed by atoms with Gasteiger partial charge in [0.2, 0.25) is 0 Å². The molecule has 0 aliphatic heterocycles. The second kappa shape index (κ2) is 7.50. The number of ketones is 1. The molecule has 0 spiro atoms. The number of fused-ring (bicyclic) bond motifs is 1. The van der Waals surface area contributed by atoms with Crippen molar-refractivity contribution < 1.29 is 19.4 Å². The molecule has 2 aromatic carbocycles. The number of hydrogen-bond acceptors (Lipinski definition) is 3. The number of aromatic nitrogens is 1. The van der Waals surface area contributed by atoms with Gasteiger partial charge >= 0.3 is 5.97 Å². The fourth-order valence-corrected chi connectivity index (χ4v) is 3.33. The van der Waals surface area contributed by atoms with Crippen molar-refractivity contribution >= 4 is 22.7 Å². The van der Waals surface area contributed by atoms with E-state index in [2.05, 4.69) is 25.8 Å². The van der Waals surface area contributed by atoms with E-state index in [1.807, 2.05) is 24.3 Å². The summed E-state index contributed by atoms with van der Waals surface area (Å²) in [6.07, 6.45) is 1.57. The standard InChI is InChI=1S/C23H25NO4/c1-23(2,3)15-7-5-14(6-8-15)21(25)12-18(22(26)27)19-13-24-20-11-16(28-4)9-10-17(19)20/h5-11,13,18,24H,12H2,1-4H3,(H,26,27). The summed E-state index contributed by atoms with van der Waals surface area (Å²) in [6.45, 7) is 6.32. The van der Waals surface area contributed by atoms with Gasteiger partial charge in [-0.2, -0.15) is 0 Å². The van der Waals surface area contributed by atoms with Crippen molar-refractivity contribution in [3.63, 3.8) is 0 Å². The van der Waals surface area contributed by atoms with E-state index in [0.29, 0.717) is 16.9 Å². The van der Waals surface area contributed by atoms with Gasteiger partial charge in [0.05, 0.1) is 13.0 Å². The molecule has 0 aliphatic carbocycles. The predicted molar refractivity (Wildman–Crippen MR) is 109 cm³/mol. The van der Waals surface area contributed by atoms with Gasteiger partial charge in [0, 0.05) is 35.2 Å². The van der Waals surface area contributed by atoms with Crippen molar-refractivity contribution in [1.29, 1.82) is 0 Å². The lowest BCUT2D eigenvalue weighted by Crippen LogP contribution is -2.16. The van der Waals surface area contributed by atoms with E-state index in [4.69, 9.17) is 4.74 Å². The smallest absolute Gasteiger partial charge is 0.311 e. The zero-order valence-electron chi connectivity index (χ0n) is 16.6. The number of aromatic amines is 1. The van der Waals surface area contributed by atoms with Crippen LogP contribution in [-0.4, -0.2) is 29.0 Å². The molecule has 3 aromatic rings. The summed E-state index contributed by atoms with van der Waals surface area (Å²) < 4.78 is 5.20. The maximum Gasteiger partial charge on any atom is 0.311 e. The van der Waals surface area contributed by atoms with E-state index in [9.17, 15) is 14.7 Å². The highest BCUT2D eigenvalue weighted by Gasteiger charge is 2.27. The Bertz CT molecular complexity index is 1010. The van der Waals surface area contributed by atoms with E-state index in [1.54, 1.807) is 31.5 Å². The predicted octanol–water partition coefficient (Wildman–Crippen LogP) is 4.92. The van der Waals surface area contributed by atoms with E-state index in [1.165, 1.54) is 0 Å². The molecule has 0 fully saturated rings. The highest BCUT2D eigenvalue weighted by molar-refractivity contribution is 6.00. The van der Waals surface area contributed by atoms with Crippen LogP contribution in [0.2, 0.25) is 0 Å². The van der Waals surface area contributed by atoms with Gasteiger partial charge in [-0.25, -0.2) is 0 Å². The molecule has 1 atom stereocenters. The number of H-pyrrole nitrogens is 1. The van der Waals surface area contributed by atoms with Crippen LogP contribution in [0.25, 0.3) is 10.9 Å². The maximum atomic E-state index is 12.8. The first-order valence-corrected chi connectivity index (χ1v) is 9.22. The van der Waals surface area contributed by atoms with Gasteiger partial charge in [0.1, 0.15) is 5.75 Å². The van der Waals surface area contributed by atoms with Gasteiger partial charge in [-0.3, -0.25) is 9.59 Å². The number of aliphatic carboxylic acids is 1. The highest BCUT2D eigenvalue weighted by Crippen LogP contribution is 2.31. The third kappa shape index (κ3) is 3.93. The van der Waals surface area contributed by atoms with Gasteiger partial charge in [-0.05, 0) is 28.7 Å². The number of hydrogen-bond donors (Lipinski definition) is 2. The molecule has 5 heteroatoms. The monoisotopic (exact) mass is 379 g/mol. The Morgan fingerprint density at radius 3 is 2.36 bits per heavy atom. The van der Waals surface area contributed by atoms with Crippen molar-refractivity contribution in [3.05, 3.63) is 65.4 Å². The van der Waals surface area contributed by atoms with E-state index in [-0.39, 0.29) is 17.6 Å². The summed E-state index contributed by atoms with van der Waals surface area (Å²) in [4.78, 5) is 27.8. The summed E-state index contributed by atoms with van der Waals surface area (Å²) in [7, 11) is 1.58. The molecule has 3 rings (SSSR count). The first kappa shape index (κ1) is 19.7. The molecule has 0 aliphatic rings. The SMILES string of the molecule is COc1ccc2c(C(CC(=O)c3ccc(C(C)(C)C)cc3)C(=O)O)c[nH]c2c1. The molecule has 0 saturated carbocycles. The fraction of sp³-hybridized carbons (Fsp3) is 0.304. The van der Waals surface area contributed by atoms with Crippen molar-refractivity contribution in [2.75, 3.05) is 7.11 Å². The van der Waals surface area contributed by atoms with Crippen LogP contribution in [0.15, 0.2) is 48.7 Å². The molecule has 0 amide bonds. The Hall–Kier alpha value is -3.08. The number of methoxy groups -OCH3 is 1. The normalized spacial score (nSPS) is 12.7. The summed E-state index contributed by atoms with van der Waals surface area (Å²) in [5, 5.41) is 10.5. The minimum absolute atomic E-state index is 0.00370. The Morgan fingerprint density at radius 1 is 1.11 bits per heavy atom. The lowest BCUT2D eigenvalue weighted by molar-refractivity contribution is -0.138. The lowest BCUT2D eigenvalue weighted by Gasteiger charge is -2.19. The van der Waals surface area contributed by atoms with Crippen LogP contribution >= 0.6 is 0 Å². The van der Waals surface area contributed by atoms with Crippen LogP contribution in [0.4, 0.5) is 0 Å². The largest absolute Gasteiger partial charge is 0.497 e. The molecular weight excluding hydrogens is 354 g/mol. The number of carboxylic acids is 1. The Kier molecular flexibility index (Phi) is 5.27. The summed E-state index contributed by atoms with van der Waals surface area (Å²) >= 11 is 0. The molecular formula is C23H25NO4. The fourth-order valence-electron chi connectivity index (χ4n) is 3.33. The van der Waals surface area contributed by atoms with Crippen LogP contribution < -0.4 is 4.74 Å². The Balaban J connectivity index is 1.87. The van der Waals surface area contributed by atoms with Crippen LogP contribution in [0.5, 0.6) is 5.75 Å². The highest BCUT2D eigenvalue weighted by atomic mass is 16.5. The lowest BCUT2D eigenvalue weighted by atomic mass is 9.85. The number of carboxylic acid groups (broad SMARTS) is 1. The first-order chi connectivity index (χ1) is 13.2. The number of rotatable bonds is 6. The van der Waals surface area contributed by atoms with Crippen molar-refractivity contribution in [1.82, 2.24) is 4.98 Å². The first-order valence-electron chi connectivity index (χ1n) is 9.22. The Morgan fingerprint density at radius 2 is 1.79 bits per heavy atom. The molecule has 0 bridgehead atoms. The zero-order valence-corrected chi connectivity index (χ0v) is 16.6. The van der Waals surface area contributed by atoms with Crippen LogP contribution in [0.1, 0.15) is 54.6 Å². The number of benzene rings is 2. The average molecular weight is 379 g/mol. The van der Waals surface area contributed by atoms with Gasteiger partial charge in [-0.1, -0.05) is 45.0 Å². The van der Waals surface area contributed by atoms with E-state index in [0.717, 1.165) is 16.5 Å². The van der Waals surface area contributed by atoms with Crippen molar-refractivity contribution in [2.45, 2.75) is 38.5 Å². The van der Waals surface area contributed by atoms with Crippen LogP contribution in [0.3, 0.4) is 0 Å². The number of nitrogens with one attached hydrogen (secondary N) is 1. The molecule has 28 heavy (non-hydrogen) atoms. The minimum Gasteiger partial charge on any atom is -0.497 e. The molecule has 1 heterocycles. The summed E-state index contributed by atoms with van der Waals surface area (Å²) in [6, 6.07) is 12.8.